The molecule has 0 radical (unpaired) electrons. The van der Waals surface area contributed by atoms with Gasteiger partial charge in [0.25, 0.3) is 5.91 Å². The number of amides is 1. The number of phenols is 1. The third-order valence-corrected chi connectivity index (χ3v) is 3.90. The van der Waals surface area contributed by atoms with Crippen LogP contribution in [0.2, 0.25) is 0 Å². The summed E-state index contributed by atoms with van der Waals surface area (Å²) in [7, 11) is 0.695. The van der Waals surface area contributed by atoms with Crippen molar-refractivity contribution >= 4 is 59.9 Å². The van der Waals surface area contributed by atoms with Crippen molar-refractivity contribution in [2.75, 3.05) is 0 Å². The number of carbonyl (C=O) groups excluding carboxylic acids is 1. The number of nitrogens with one attached hydrogen (secondary N) is 1. The van der Waals surface area contributed by atoms with Crippen LogP contribution in [-0.4, -0.2) is 29.1 Å². The van der Waals surface area contributed by atoms with Crippen LogP contribution in [0.15, 0.2) is 28.4 Å². The molecular weight excluding hydrogens is 362 g/mol. The molecule has 2 rings (SSSR count). The number of thiocarbonyl (C=S) groups is 1. The molecule has 12 heteroatoms. The molecule has 1 heterocycles. The average molecular weight is 368 g/mol. The minimum atomic E-state index is -4.21. The Labute approximate surface area is 133 Å². The molecular formula is C9H6ClN3O5S3. The first-order valence-corrected chi connectivity index (χ1v) is 8.66. The van der Waals surface area contributed by atoms with E-state index in [1.807, 2.05) is 0 Å². The Hall–Kier alpha value is -1.43. The molecule has 0 aromatic heterocycles. The minimum Gasteiger partial charge on any atom is -0.505 e. The topological polar surface area (TPSA) is 117 Å². The Bertz CT molecular complexity index is 736. The number of nitrogens with zero attached hydrogens (tertiary/aromatic N) is 2. The molecule has 21 heavy (non-hydrogen) atoms. The van der Waals surface area contributed by atoms with Crippen LogP contribution in [-0.2, 0) is 14.1 Å². The molecule has 2 N–H and O–H groups in total. The maximum absolute atomic E-state index is 11.4. The zero-order chi connectivity index (χ0) is 15.6. The number of phenolic OH excluding ortho intramolecular Hbond substituents is 1. The Morgan fingerprint density at radius 3 is 2.71 bits per heavy atom. The predicted octanol–water partition coefficient (Wildman–Crippen LogP) is 1.81. The highest BCUT2D eigenvalue weighted by atomic mass is 35.7. The molecule has 1 saturated heterocycles. The van der Waals surface area contributed by atoms with Crippen LogP contribution in [0.5, 0.6) is 11.5 Å². The van der Waals surface area contributed by atoms with E-state index in [4.69, 9.17) is 22.9 Å². The molecule has 0 spiro atoms. The SMILES string of the molecule is O=C1NC(=S)SC1N=Nc1ccc(OS(=O)(=O)Cl)cc1O. The highest BCUT2D eigenvalue weighted by molar-refractivity contribution is 8.24. The predicted molar refractivity (Wildman–Crippen MR) is 80.1 cm³/mol. The van der Waals surface area contributed by atoms with Crippen LogP contribution in [0.1, 0.15) is 0 Å². The molecule has 1 aromatic carbocycles. The number of benzene rings is 1. The summed E-state index contributed by atoms with van der Waals surface area (Å²) in [4.78, 5) is 11.4. The number of hydrogen-bond donors (Lipinski definition) is 2. The van der Waals surface area contributed by atoms with Crippen molar-refractivity contribution < 1.29 is 22.5 Å². The zero-order valence-electron chi connectivity index (χ0n) is 9.89. The molecule has 0 bridgehead atoms. The molecule has 1 amide bonds. The summed E-state index contributed by atoms with van der Waals surface area (Å²) in [5.74, 6) is -0.973. The molecule has 112 valence electrons. The van der Waals surface area contributed by atoms with Crippen molar-refractivity contribution in [3.63, 3.8) is 0 Å². The summed E-state index contributed by atoms with van der Waals surface area (Å²) in [6.45, 7) is 0. The van der Waals surface area contributed by atoms with Gasteiger partial charge in [-0.05, 0) is 12.1 Å². The summed E-state index contributed by atoms with van der Waals surface area (Å²) in [6.07, 6.45) is 0. The lowest BCUT2D eigenvalue weighted by molar-refractivity contribution is -0.118. The normalized spacial score (nSPS) is 19.0. The molecule has 1 aromatic rings. The number of hydrogen-bond acceptors (Lipinski definition) is 9. The monoisotopic (exact) mass is 367 g/mol. The molecule has 1 atom stereocenters. The van der Waals surface area contributed by atoms with Crippen LogP contribution in [0.4, 0.5) is 5.69 Å². The van der Waals surface area contributed by atoms with E-state index in [1.165, 1.54) is 12.1 Å². The average Bonchev–Trinajstić information content (AvgIpc) is 2.65. The number of halogens is 1. The standard InChI is InChI=1S/C9H6ClN3O5S3/c10-21(16,17)18-4-1-2-5(6(14)3-4)12-13-8-7(15)11-9(19)20-8/h1-3,8,14H,(H,11,15,19). The van der Waals surface area contributed by atoms with Gasteiger partial charge in [-0.15, -0.1) is 0 Å². The van der Waals surface area contributed by atoms with Crippen LogP contribution in [0, 0.1) is 0 Å². The number of azo groups is 1. The van der Waals surface area contributed by atoms with Crippen molar-refractivity contribution in [2.45, 2.75) is 5.37 Å². The van der Waals surface area contributed by atoms with Gasteiger partial charge in [-0.1, -0.05) is 24.0 Å². The van der Waals surface area contributed by atoms with E-state index < -0.39 is 20.6 Å². The Kier molecular flexibility index (Phi) is 4.66. The van der Waals surface area contributed by atoms with Crippen molar-refractivity contribution in [1.82, 2.24) is 5.32 Å². The van der Waals surface area contributed by atoms with Crippen LogP contribution >= 0.6 is 34.7 Å². The van der Waals surface area contributed by atoms with E-state index in [2.05, 4.69) is 19.7 Å². The van der Waals surface area contributed by atoms with E-state index in [1.54, 1.807) is 0 Å². The van der Waals surface area contributed by atoms with Gasteiger partial charge in [-0.2, -0.15) is 18.6 Å². The van der Waals surface area contributed by atoms with Gasteiger partial charge in [0, 0.05) is 6.07 Å². The fraction of sp³-hybridized carbons (Fsp3) is 0.111. The lowest BCUT2D eigenvalue weighted by Crippen LogP contribution is -2.22. The Morgan fingerprint density at radius 1 is 1.48 bits per heavy atom. The zero-order valence-corrected chi connectivity index (χ0v) is 13.1. The first-order chi connectivity index (χ1) is 9.74. The van der Waals surface area contributed by atoms with Gasteiger partial charge in [-0.3, -0.25) is 4.79 Å². The van der Waals surface area contributed by atoms with E-state index in [0.29, 0.717) is 4.32 Å². The van der Waals surface area contributed by atoms with Crippen molar-refractivity contribution in [1.29, 1.82) is 0 Å². The number of rotatable bonds is 4. The first kappa shape index (κ1) is 15.9. The second-order valence-electron chi connectivity index (χ2n) is 3.59. The third-order valence-electron chi connectivity index (χ3n) is 2.08. The summed E-state index contributed by atoms with van der Waals surface area (Å²) in [5, 5.41) is 18.7. The molecule has 1 aliphatic heterocycles. The number of thioether (sulfide) groups is 1. The second-order valence-corrected chi connectivity index (χ2v) is 7.43. The van der Waals surface area contributed by atoms with E-state index in [-0.39, 0.29) is 17.2 Å². The highest BCUT2D eigenvalue weighted by Crippen LogP contribution is 2.32. The first-order valence-electron chi connectivity index (χ1n) is 5.14. The lowest BCUT2D eigenvalue weighted by atomic mass is 10.3. The van der Waals surface area contributed by atoms with E-state index in [0.717, 1.165) is 17.8 Å². The van der Waals surface area contributed by atoms with Gasteiger partial charge in [0.15, 0.2) is 0 Å². The lowest BCUT2D eigenvalue weighted by Gasteiger charge is -2.03. The third kappa shape index (κ3) is 4.52. The quantitative estimate of drug-likeness (QED) is 0.473. The van der Waals surface area contributed by atoms with E-state index >= 15 is 0 Å². The van der Waals surface area contributed by atoms with Gasteiger partial charge >= 0.3 is 9.33 Å². The number of carbonyl (C=O) groups is 1. The molecule has 1 aliphatic rings. The Morgan fingerprint density at radius 2 is 2.19 bits per heavy atom. The van der Waals surface area contributed by atoms with Crippen LogP contribution < -0.4 is 9.50 Å². The van der Waals surface area contributed by atoms with E-state index in [9.17, 15) is 18.3 Å². The molecule has 0 saturated carbocycles. The van der Waals surface area contributed by atoms with Gasteiger partial charge in [0.2, 0.25) is 5.37 Å². The van der Waals surface area contributed by atoms with Crippen molar-refractivity contribution in [3.05, 3.63) is 18.2 Å². The Balaban J connectivity index is 2.14. The van der Waals surface area contributed by atoms with Gasteiger partial charge in [-0.25, -0.2) is 0 Å². The van der Waals surface area contributed by atoms with Crippen LogP contribution in [0.25, 0.3) is 0 Å². The maximum atomic E-state index is 11.4. The number of aromatic hydroxyl groups is 1. The van der Waals surface area contributed by atoms with Crippen molar-refractivity contribution in [2.24, 2.45) is 10.2 Å². The summed E-state index contributed by atoms with van der Waals surface area (Å²) in [6, 6.07) is 3.48. The van der Waals surface area contributed by atoms with Crippen molar-refractivity contribution in [3.8, 4) is 11.5 Å². The minimum absolute atomic E-state index is 0.0283. The largest absolute Gasteiger partial charge is 0.505 e. The molecule has 0 aliphatic carbocycles. The summed E-state index contributed by atoms with van der Waals surface area (Å²) >= 11 is 5.81. The molecule has 1 unspecified atom stereocenters. The van der Waals surface area contributed by atoms with Gasteiger partial charge in [0.1, 0.15) is 21.5 Å². The maximum Gasteiger partial charge on any atom is 0.401 e. The fourth-order valence-electron chi connectivity index (χ4n) is 1.29. The highest BCUT2D eigenvalue weighted by Gasteiger charge is 2.29. The molecule has 1 fully saturated rings. The van der Waals surface area contributed by atoms with Gasteiger partial charge < -0.3 is 14.6 Å². The summed E-state index contributed by atoms with van der Waals surface area (Å²) in [5.41, 5.74) is 0.0283. The van der Waals surface area contributed by atoms with Gasteiger partial charge in [0.05, 0.1) is 10.7 Å². The van der Waals surface area contributed by atoms with Crippen LogP contribution in [0.3, 0.4) is 0 Å². The molecule has 8 nitrogen and oxygen atoms in total. The fourth-order valence-corrected chi connectivity index (χ4v) is 2.84. The summed E-state index contributed by atoms with van der Waals surface area (Å²) < 4.78 is 26.1. The second kappa shape index (κ2) is 6.13. The smallest absolute Gasteiger partial charge is 0.401 e.